The van der Waals surface area contributed by atoms with Gasteiger partial charge in [-0.25, -0.2) is 4.79 Å². The lowest BCUT2D eigenvalue weighted by Gasteiger charge is -2.32. The third-order valence-electron chi connectivity index (χ3n) is 4.92. The molecular weight excluding hydrogens is 507 g/mol. The first-order valence-electron chi connectivity index (χ1n) is 10.4. The summed E-state index contributed by atoms with van der Waals surface area (Å²) in [6.07, 6.45) is 1.50. The van der Waals surface area contributed by atoms with Crippen molar-refractivity contribution in [3.63, 3.8) is 0 Å². The van der Waals surface area contributed by atoms with Gasteiger partial charge >= 0.3 is 6.09 Å². The number of benzene rings is 2. The molecule has 3 rings (SSSR count). The minimum atomic E-state index is -0.226. The SMILES string of the molecule is CCOC(=O)N1CCC(NC(=NC)NCc2cccc(Oc3ccccc3)c2)CC1.I. The number of aliphatic imine (C=N–C) groups is 1. The average Bonchev–Trinajstić information content (AvgIpc) is 2.78. The number of piperidine rings is 1. The number of nitrogens with one attached hydrogen (secondary N) is 2. The average molecular weight is 538 g/mol. The van der Waals surface area contributed by atoms with Crippen molar-refractivity contribution in [2.75, 3.05) is 26.7 Å². The number of likely N-dealkylation sites (tertiary alicyclic amines) is 1. The topological polar surface area (TPSA) is 75.2 Å². The summed E-state index contributed by atoms with van der Waals surface area (Å²) >= 11 is 0. The van der Waals surface area contributed by atoms with E-state index in [0.717, 1.165) is 35.9 Å². The molecule has 2 N–H and O–H groups in total. The van der Waals surface area contributed by atoms with Crippen molar-refractivity contribution in [3.8, 4) is 11.5 Å². The molecule has 0 spiro atoms. The summed E-state index contributed by atoms with van der Waals surface area (Å²) in [5.41, 5.74) is 1.10. The van der Waals surface area contributed by atoms with Crippen molar-refractivity contribution in [1.82, 2.24) is 15.5 Å². The lowest BCUT2D eigenvalue weighted by atomic mass is 10.1. The third kappa shape index (κ3) is 7.93. The van der Waals surface area contributed by atoms with E-state index in [1.54, 1.807) is 11.9 Å². The number of halogens is 1. The van der Waals surface area contributed by atoms with Crippen LogP contribution in [-0.4, -0.2) is 49.7 Å². The predicted molar refractivity (Wildman–Crippen MR) is 133 cm³/mol. The van der Waals surface area contributed by atoms with Crippen LogP contribution in [0.5, 0.6) is 11.5 Å². The van der Waals surface area contributed by atoms with Crippen LogP contribution in [0.15, 0.2) is 59.6 Å². The molecule has 2 aromatic carbocycles. The molecule has 0 aromatic heterocycles. The lowest BCUT2D eigenvalue weighted by molar-refractivity contribution is 0.0963. The molecule has 0 aliphatic carbocycles. The van der Waals surface area contributed by atoms with Crippen LogP contribution in [-0.2, 0) is 11.3 Å². The maximum absolute atomic E-state index is 11.8. The maximum Gasteiger partial charge on any atom is 0.409 e. The molecule has 0 atom stereocenters. The summed E-state index contributed by atoms with van der Waals surface area (Å²) in [7, 11) is 1.76. The highest BCUT2D eigenvalue weighted by atomic mass is 127. The molecule has 0 bridgehead atoms. The normalized spacial score (nSPS) is 14.4. The Morgan fingerprint density at radius 2 is 1.81 bits per heavy atom. The van der Waals surface area contributed by atoms with E-state index in [2.05, 4.69) is 21.7 Å². The highest BCUT2D eigenvalue weighted by Crippen LogP contribution is 2.21. The Morgan fingerprint density at radius 3 is 2.48 bits per heavy atom. The summed E-state index contributed by atoms with van der Waals surface area (Å²) in [6, 6.07) is 18.0. The number of ether oxygens (including phenoxy) is 2. The Balaban J connectivity index is 0.00000341. The fourth-order valence-corrected chi connectivity index (χ4v) is 3.34. The molecule has 31 heavy (non-hydrogen) atoms. The van der Waals surface area contributed by atoms with Crippen molar-refractivity contribution in [2.24, 2.45) is 4.99 Å². The van der Waals surface area contributed by atoms with E-state index in [9.17, 15) is 4.79 Å². The first kappa shape index (κ1) is 24.8. The highest BCUT2D eigenvalue weighted by Gasteiger charge is 2.24. The fraction of sp³-hybridized carbons (Fsp3) is 0.391. The Kier molecular flexibility index (Phi) is 10.4. The van der Waals surface area contributed by atoms with E-state index < -0.39 is 0 Å². The van der Waals surface area contributed by atoms with Gasteiger partial charge in [0.2, 0.25) is 0 Å². The van der Waals surface area contributed by atoms with Crippen molar-refractivity contribution in [2.45, 2.75) is 32.4 Å². The minimum absolute atomic E-state index is 0. The number of guanidine groups is 1. The molecule has 1 saturated heterocycles. The first-order valence-corrected chi connectivity index (χ1v) is 10.4. The van der Waals surface area contributed by atoms with Crippen LogP contribution < -0.4 is 15.4 Å². The van der Waals surface area contributed by atoms with Gasteiger partial charge in [-0.1, -0.05) is 30.3 Å². The number of carbonyl (C=O) groups is 1. The quantitative estimate of drug-likeness (QED) is 0.325. The summed E-state index contributed by atoms with van der Waals surface area (Å²) in [4.78, 5) is 17.9. The van der Waals surface area contributed by atoms with Gasteiger partial charge in [-0.05, 0) is 49.6 Å². The van der Waals surface area contributed by atoms with Crippen LogP contribution in [0.25, 0.3) is 0 Å². The monoisotopic (exact) mass is 538 g/mol. The minimum Gasteiger partial charge on any atom is -0.457 e. The number of amides is 1. The smallest absolute Gasteiger partial charge is 0.409 e. The molecule has 168 valence electrons. The molecule has 0 unspecified atom stereocenters. The zero-order chi connectivity index (χ0) is 21.2. The van der Waals surface area contributed by atoms with Crippen LogP contribution in [0.3, 0.4) is 0 Å². The van der Waals surface area contributed by atoms with Gasteiger partial charge in [-0.2, -0.15) is 0 Å². The van der Waals surface area contributed by atoms with E-state index in [4.69, 9.17) is 9.47 Å². The van der Waals surface area contributed by atoms with Gasteiger partial charge in [-0.15, -0.1) is 24.0 Å². The highest BCUT2D eigenvalue weighted by molar-refractivity contribution is 14.0. The molecule has 7 nitrogen and oxygen atoms in total. The summed E-state index contributed by atoms with van der Waals surface area (Å²) < 4.78 is 11.0. The summed E-state index contributed by atoms with van der Waals surface area (Å²) in [6.45, 7) is 4.24. The Morgan fingerprint density at radius 1 is 1.10 bits per heavy atom. The third-order valence-corrected chi connectivity index (χ3v) is 4.92. The van der Waals surface area contributed by atoms with Crippen LogP contribution in [0.2, 0.25) is 0 Å². The molecule has 1 aliphatic heterocycles. The fourth-order valence-electron chi connectivity index (χ4n) is 3.34. The standard InChI is InChI=1S/C23H30N4O3.HI/c1-3-29-23(28)27-14-12-19(13-15-27)26-22(24-2)25-17-18-8-7-11-21(16-18)30-20-9-5-4-6-10-20;/h4-11,16,19H,3,12-15,17H2,1-2H3,(H2,24,25,26);1H. The Bertz CT molecular complexity index is 840. The van der Waals surface area contributed by atoms with E-state index in [-0.39, 0.29) is 36.1 Å². The summed E-state index contributed by atoms with van der Waals surface area (Å²) in [5, 5.41) is 6.81. The van der Waals surface area contributed by atoms with E-state index in [1.165, 1.54) is 0 Å². The van der Waals surface area contributed by atoms with Crippen molar-refractivity contribution >= 4 is 36.0 Å². The second kappa shape index (κ2) is 13.0. The van der Waals surface area contributed by atoms with Crippen LogP contribution in [0, 0.1) is 0 Å². The zero-order valence-corrected chi connectivity index (χ0v) is 20.4. The van der Waals surface area contributed by atoms with Gasteiger partial charge in [0.1, 0.15) is 11.5 Å². The maximum atomic E-state index is 11.8. The Hall–Kier alpha value is -2.49. The Labute approximate surface area is 201 Å². The molecule has 2 aromatic rings. The summed E-state index contributed by atoms with van der Waals surface area (Å²) in [5.74, 6) is 2.36. The molecule has 1 amide bonds. The van der Waals surface area contributed by atoms with Crippen molar-refractivity contribution < 1.29 is 14.3 Å². The second-order valence-corrected chi connectivity index (χ2v) is 7.09. The van der Waals surface area contributed by atoms with Crippen molar-refractivity contribution in [1.29, 1.82) is 0 Å². The van der Waals surface area contributed by atoms with Crippen LogP contribution in [0.1, 0.15) is 25.3 Å². The van der Waals surface area contributed by atoms with Gasteiger partial charge < -0.3 is 25.0 Å². The van der Waals surface area contributed by atoms with E-state index in [0.29, 0.717) is 26.2 Å². The number of para-hydroxylation sites is 1. The lowest BCUT2D eigenvalue weighted by Crippen LogP contribution is -2.49. The van der Waals surface area contributed by atoms with Crippen LogP contribution >= 0.6 is 24.0 Å². The van der Waals surface area contributed by atoms with Gasteiger partial charge in [0.05, 0.1) is 6.61 Å². The van der Waals surface area contributed by atoms with Gasteiger partial charge in [0.25, 0.3) is 0 Å². The zero-order valence-electron chi connectivity index (χ0n) is 18.0. The van der Waals surface area contributed by atoms with Gasteiger partial charge in [0.15, 0.2) is 5.96 Å². The number of hydrogen-bond acceptors (Lipinski definition) is 4. The number of hydrogen-bond donors (Lipinski definition) is 2. The van der Waals surface area contributed by atoms with E-state index in [1.807, 2.05) is 55.5 Å². The number of nitrogens with zero attached hydrogens (tertiary/aromatic N) is 2. The van der Waals surface area contributed by atoms with Gasteiger partial charge in [-0.3, -0.25) is 4.99 Å². The molecular formula is C23H31IN4O3. The molecule has 1 aliphatic rings. The van der Waals surface area contributed by atoms with Crippen LogP contribution in [0.4, 0.5) is 4.79 Å². The molecule has 0 radical (unpaired) electrons. The molecule has 0 saturated carbocycles. The second-order valence-electron chi connectivity index (χ2n) is 7.09. The van der Waals surface area contributed by atoms with Gasteiger partial charge in [0, 0.05) is 32.7 Å². The largest absolute Gasteiger partial charge is 0.457 e. The van der Waals surface area contributed by atoms with E-state index >= 15 is 0 Å². The van der Waals surface area contributed by atoms with Crippen molar-refractivity contribution in [3.05, 3.63) is 60.2 Å². The molecule has 1 fully saturated rings. The predicted octanol–water partition coefficient (Wildman–Crippen LogP) is 4.38. The molecule has 8 heteroatoms. The number of rotatable bonds is 6. The first-order chi connectivity index (χ1) is 14.7. The number of carbonyl (C=O) groups excluding carboxylic acids is 1. The molecule has 1 heterocycles.